The SMILES string of the molecule is Cc1cc(-c2c(CCC3CCOCC3)nc3c(c2-c2cc4ccnc(NC5CCc6ncccc65)c4s2)S(=O)(=O)C[C@H]3C(C)C)ncn1. The molecule has 1 unspecified atom stereocenters. The number of hydrogen-bond acceptors (Lipinski definition) is 10. The molecular weight excluding hydrogens is 641 g/mol. The molecule has 0 saturated carbocycles. The van der Waals surface area contributed by atoms with Crippen LogP contribution < -0.4 is 5.32 Å². The van der Waals surface area contributed by atoms with E-state index in [4.69, 9.17) is 19.7 Å². The third kappa shape index (κ3) is 5.69. The lowest BCUT2D eigenvalue weighted by atomic mass is 9.88. The Hall–Kier alpha value is -3.80. The van der Waals surface area contributed by atoms with Gasteiger partial charge in [-0.25, -0.2) is 23.4 Å². The number of aromatic nitrogens is 5. The van der Waals surface area contributed by atoms with Gasteiger partial charge in [-0.2, -0.15) is 0 Å². The highest BCUT2D eigenvalue weighted by Crippen LogP contribution is 2.51. The van der Waals surface area contributed by atoms with E-state index in [0.29, 0.717) is 22.2 Å². The van der Waals surface area contributed by atoms with Crippen molar-refractivity contribution in [2.24, 2.45) is 11.8 Å². The van der Waals surface area contributed by atoms with Gasteiger partial charge in [-0.15, -0.1) is 11.3 Å². The highest BCUT2D eigenvalue weighted by atomic mass is 32.2. The van der Waals surface area contributed by atoms with Crippen molar-refractivity contribution in [2.45, 2.75) is 76.2 Å². The molecular formula is C37H40N6O3S2. The first-order valence-electron chi connectivity index (χ1n) is 17.0. The Balaban J connectivity index is 1.33. The summed E-state index contributed by atoms with van der Waals surface area (Å²) in [6.07, 6.45) is 10.9. The number of rotatable bonds is 8. The maximum Gasteiger partial charge on any atom is 0.181 e. The van der Waals surface area contributed by atoms with E-state index < -0.39 is 9.84 Å². The van der Waals surface area contributed by atoms with Crippen molar-refractivity contribution in [1.29, 1.82) is 0 Å². The van der Waals surface area contributed by atoms with Gasteiger partial charge in [0.2, 0.25) is 0 Å². The topological polar surface area (TPSA) is 120 Å². The van der Waals surface area contributed by atoms with E-state index in [1.54, 1.807) is 17.7 Å². The van der Waals surface area contributed by atoms with Crippen LogP contribution >= 0.6 is 11.3 Å². The lowest BCUT2D eigenvalue weighted by Gasteiger charge is -2.23. The first-order chi connectivity index (χ1) is 23.3. The lowest BCUT2D eigenvalue weighted by molar-refractivity contribution is 0.0639. The van der Waals surface area contributed by atoms with Crippen molar-refractivity contribution in [2.75, 3.05) is 24.3 Å². The van der Waals surface area contributed by atoms with Gasteiger partial charge in [0.05, 0.1) is 38.5 Å². The zero-order valence-corrected chi connectivity index (χ0v) is 29.2. The van der Waals surface area contributed by atoms with Gasteiger partial charge in [0.1, 0.15) is 12.1 Å². The van der Waals surface area contributed by atoms with Gasteiger partial charge in [-0.3, -0.25) is 9.97 Å². The second-order valence-corrected chi connectivity index (χ2v) is 16.8. The van der Waals surface area contributed by atoms with Crippen LogP contribution in [0.3, 0.4) is 0 Å². The molecule has 0 spiro atoms. The molecule has 3 aliphatic rings. The Labute approximate surface area is 285 Å². The average Bonchev–Trinajstić information content (AvgIpc) is 3.78. The first-order valence-corrected chi connectivity index (χ1v) is 19.5. The Kier molecular flexibility index (Phi) is 8.25. The molecule has 0 bridgehead atoms. The molecule has 7 heterocycles. The van der Waals surface area contributed by atoms with Crippen molar-refractivity contribution >= 4 is 37.1 Å². The number of aryl methyl sites for hydroxylation is 3. The monoisotopic (exact) mass is 680 g/mol. The van der Waals surface area contributed by atoms with E-state index in [9.17, 15) is 8.42 Å². The van der Waals surface area contributed by atoms with E-state index in [2.05, 4.69) is 41.3 Å². The van der Waals surface area contributed by atoms with E-state index in [1.807, 2.05) is 37.5 Å². The summed E-state index contributed by atoms with van der Waals surface area (Å²) in [5.41, 5.74) is 7.03. The second-order valence-electron chi connectivity index (χ2n) is 13.8. The molecule has 8 rings (SSSR count). The smallest absolute Gasteiger partial charge is 0.181 e. The largest absolute Gasteiger partial charge is 0.381 e. The maximum absolute atomic E-state index is 14.2. The van der Waals surface area contributed by atoms with Crippen LogP contribution in [0.5, 0.6) is 0 Å². The summed E-state index contributed by atoms with van der Waals surface area (Å²) in [6.45, 7) is 7.71. The summed E-state index contributed by atoms with van der Waals surface area (Å²) in [5.74, 6) is 1.37. The summed E-state index contributed by atoms with van der Waals surface area (Å²) >= 11 is 1.59. The number of anilines is 1. The minimum absolute atomic E-state index is 0.0695. The molecule has 2 atom stereocenters. The quantitative estimate of drug-likeness (QED) is 0.178. The van der Waals surface area contributed by atoms with Crippen LogP contribution in [0.4, 0.5) is 5.82 Å². The fourth-order valence-electron chi connectivity index (χ4n) is 7.69. The van der Waals surface area contributed by atoms with Crippen LogP contribution in [-0.2, 0) is 27.4 Å². The summed E-state index contributed by atoms with van der Waals surface area (Å²) in [6, 6.07) is 10.3. The number of thiophene rings is 1. The molecule has 1 fully saturated rings. The van der Waals surface area contributed by atoms with Crippen LogP contribution in [-0.4, -0.2) is 52.3 Å². The summed E-state index contributed by atoms with van der Waals surface area (Å²) in [4.78, 5) is 25.1. The zero-order valence-electron chi connectivity index (χ0n) is 27.6. The Morgan fingerprint density at radius 2 is 1.88 bits per heavy atom. The van der Waals surface area contributed by atoms with Crippen molar-refractivity contribution < 1.29 is 13.2 Å². The predicted octanol–water partition coefficient (Wildman–Crippen LogP) is 7.50. The van der Waals surface area contributed by atoms with Crippen molar-refractivity contribution in [3.8, 4) is 21.7 Å². The minimum Gasteiger partial charge on any atom is -0.381 e. The summed E-state index contributed by atoms with van der Waals surface area (Å²) in [5, 5.41) is 4.74. The molecule has 1 aliphatic carbocycles. The summed E-state index contributed by atoms with van der Waals surface area (Å²) in [7, 11) is -3.63. The predicted molar refractivity (Wildman–Crippen MR) is 189 cm³/mol. The van der Waals surface area contributed by atoms with Crippen molar-refractivity contribution in [1.82, 2.24) is 24.9 Å². The standard InChI is InChI=1S/C37H40N6O3S2/c1-21(2)26-19-48(44,45)36-33(31-18-24-10-14-39-37(35(24)47-31)43-28-9-8-27-25(28)5-4-13-38-27)32(30-17-22(3)40-20-41-30)29(42-34(26)36)7-6-23-11-15-46-16-12-23/h4-5,10,13-14,17-18,20-21,23,26,28H,6-9,11-12,15-16,19H2,1-3H3,(H,39,43)/t26-,28?/m0/s1. The van der Waals surface area contributed by atoms with Gasteiger partial charge in [0, 0.05) is 58.9 Å². The average molecular weight is 681 g/mol. The van der Waals surface area contributed by atoms with E-state index in [1.165, 1.54) is 5.56 Å². The normalized spacial score (nSPS) is 20.3. The van der Waals surface area contributed by atoms with Crippen LogP contribution in [0.1, 0.15) is 79.8 Å². The van der Waals surface area contributed by atoms with Crippen LogP contribution in [0.15, 0.2) is 53.9 Å². The Morgan fingerprint density at radius 3 is 2.69 bits per heavy atom. The maximum atomic E-state index is 14.2. The molecule has 1 saturated heterocycles. The minimum atomic E-state index is -3.63. The Morgan fingerprint density at radius 1 is 1.02 bits per heavy atom. The van der Waals surface area contributed by atoms with E-state index in [0.717, 1.165) is 101 Å². The third-order valence-corrected chi connectivity index (χ3v) is 13.3. The number of fused-ring (bicyclic) bond motifs is 3. The van der Waals surface area contributed by atoms with Gasteiger partial charge in [-0.1, -0.05) is 19.9 Å². The molecule has 1 N–H and O–H groups in total. The van der Waals surface area contributed by atoms with Gasteiger partial charge in [0.25, 0.3) is 0 Å². The van der Waals surface area contributed by atoms with Crippen LogP contribution in [0, 0.1) is 18.8 Å². The molecule has 9 nitrogen and oxygen atoms in total. The van der Waals surface area contributed by atoms with E-state index >= 15 is 0 Å². The number of sulfone groups is 1. The number of nitrogens with one attached hydrogen (secondary N) is 1. The molecule has 0 radical (unpaired) electrons. The molecule has 2 aliphatic heterocycles. The van der Waals surface area contributed by atoms with E-state index in [-0.39, 0.29) is 23.6 Å². The second kappa shape index (κ2) is 12.6. The molecule has 5 aromatic rings. The lowest BCUT2D eigenvalue weighted by Crippen LogP contribution is -2.17. The molecule has 0 amide bonds. The van der Waals surface area contributed by atoms with Gasteiger partial charge in [-0.05, 0) is 92.5 Å². The van der Waals surface area contributed by atoms with Crippen LogP contribution in [0.25, 0.3) is 31.8 Å². The molecule has 48 heavy (non-hydrogen) atoms. The van der Waals surface area contributed by atoms with Crippen molar-refractivity contribution in [3.05, 3.63) is 77.4 Å². The fourth-order valence-corrected chi connectivity index (χ4v) is 11.1. The molecule has 0 aromatic carbocycles. The number of pyridine rings is 3. The molecule has 11 heteroatoms. The zero-order chi connectivity index (χ0) is 33.0. The fraction of sp³-hybridized carbons (Fsp3) is 0.432. The number of nitrogens with zero attached hydrogens (tertiary/aromatic N) is 5. The number of hydrogen-bond donors (Lipinski definition) is 1. The van der Waals surface area contributed by atoms with Crippen LogP contribution in [0.2, 0.25) is 0 Å². The third-order valence-electron chi connectivity index (χ3n) is 10.3. The first kappa shape index (κ1) is 31.5. The van der Waals surface area contributed by atoms with Gasteiger partial charge < -0.3 is 10.1 Å². The Bertz CT molecular complexity index is 2120. The number of ether oxygens (including phenoxy) is 1. The molecule has 248 valence electrons. The van der Waals surface area contributed by atoms with Gasteiger partial charge >= 0.3 is 0 Å². The van der Waals surface area contributed by atoms with Gasteiger partial charge in [0.15, 0.2) is 9.84 Å². The highest BCUT2D eigenvalue weighted by molar-refractivity contribution is 7.92. The molecule has 5 aromatic heterocycles. The van der Waals surface area contributed by atoms with Crippen molar-refractivity contribution in [3.63, 3.8) is 0 Å². The summed E-state index contributed by atoms with van der Waals surface area (Å²) < 4.78 is 35.1. The highest BCUT2D eigenvalue weighted by Gasteiger charge is 2.42.